The van der Waals surface area contributed by atoms with Gasteiger partial charge in [0.05, 0.1) is 10.6 Å². The van der Waals surface area contributed by atoms with Crippen molar-refractivity contribution >= 4 is 33.0 Å². The van der Waals surface area contributed by atoms with Gasteiger partial charge in [-0.1, -0.05) is 44.2 Å². The third kappa shape index (κ3) is 4.71. The number of benzene rings is 2. The van der Waals surface area contributed by atoms with Crippen molar-refractivity contribution in [3.05, 3.63) is 64.2 Å². The van der Waals surface area contributed by atoms with Gasteiger partial charge in [-0.25, -0.2) is 13.4 Å². The van der Waals surface area contributed by atoms with E-state index in [1.807, 2.05) is 58.0 Å². The number of carbonyl (C=O) groups excluding carboxylic acids is 1. The zero-order chi connectivity index (χ0) is 22.8. The Bertz CT molecular complexity index is 1200. The molecular weight excluding hydrogens is 430 g/mol. The van der Waals surface area contributed by atoms with E-state index < -0.39 is 10.0 Å². The van der Waals surface area contributed by atoms with Crippen molar-refractivity contribution in [2.75, 3.05) is 18.4 Å². The average molecular weight is 458 g/mol. The molecule has 3 rings (SSSR count). The fourth-order valence-corrected chi connectivity index (χ4v) is 5.85. The molecule has 1 amide bonds. The van der Waals surface area contributed by atoms with Gasteiger partial charge in [0.1, 0.15) is 9.88 Å². The minimum absolute atomic E-state index is 0.181. The Kier molecular flexibility index (Phi) is 6.93. The van der Waals surface area contributed by atoms with Crippen LogP contribution in [0.15, 0.2) is 47.4 Å². The molecule has 0 aliphatic rings. The van der Waals surface area contributed by atoms with E-state index in [0.717, 1.165) is 21.7 Å². The summed E-state index contributed by atoms with van der Waals surface area (Å²) in [5, 5.41) is 3.68. The van der Waals surface area contributed by atoms with Crippen molar-refractivity contribution in [1.82, 2.24) is 9.29 Å². The van der Waals surface area contributed by atoms with Crippen LogP contribution in [0.4, 0.5) is 5.69 Å². The lowest BCUT2D eigenvalue weighted by Crippen LogP contribution is -2.30. The third-order valence-corrected chi connectivity index (χ3v) is 8.49. The molecule has 0 aliphatic carbocycles. The standard InChI is InChI=1S/C23H27N3O3S2/c1-6-26(7-2)31(28,29)19-13-15(3)16(4)20(14-19)25-22(27)21-17(5)24-23(30-21)18-11-9-8-10-12-18/h8-14H,6-7H2,1-5H3,(H,25,27). The molecule has 1 aromatic heterocycles. The van der Waals surface area contributed by atoms with Crippen LogP contribution in [-0.4, -0.2) is 36.7 Å². The highest BCUT2D eigenvalue weighted by Gasteiger charge is 2.24. The lowest BCUT2D eigenvalue weighted by atomic mass is 10.1. The van der Waals surface area contributed by atoms with Gasteiger partial charge in [0.2, 0.25) is 10.0 Å². The first-order chi connectivity index (χ1) is 14.7. The highest BCUT2D eigenvalue weighted by molar-refractivity contribution is 7.89. The molecule has 0 saturated carbocycles. The maximum absolute atomic E-state index is 13.0. The summed E-state index contributed by atoms with van der Waals surface area (Å²) >= 11 is 1.32. The van der Waals surface area contributed by atoms with E-state index in [0.29, 0.717) is 29.3 Å². The fraction of sp³-hybridized carbons (Fsp3) is 0.304. The molecule has 31 heavy (non-hydrogen) atoms. The molecule has 0 spiro atoms. The second-order valence-electron chi connectivity index (χ2n) is 7.26. The summed E-state index contributed by atoms with van der Waals surface area (Å²) in [5.41, 5.74) is 3.72. The first-order valence-electron chi connectivity index (χ1n) is 10.1. The Morgan fingerprint density at radius 1 is 1.06 bits per heavy atom. The molecule has 6 nitrogen and oxygen atoms in total. The fourth-order valence-electron chi connectivity index (χ4n) is 3.31. The quantitative estimate of drug-likeness (QED) is 0.540. The van der Waals surface area contributed by atoms with E-state index >= 15 is 0 Å². The van der Waals surface area contributed by atoms with E-state index in [2.05, 4.69) is 10.3 Å². The smallest absolute Gasteiger partial charge is 0.267 e. The van der Waals surface area contributed by atoms with Gasteiger partial charge in [-0.3, -0.25) is 4.79 Å². The van der Waals surface area contributed by atoms with Crippen LogP contribution < -0.4 is 5.32 Å². The molecule has 0 saturated heterocycles. The van der Waals surface area contributed by atoms with Gasteiger partial charge in [-0.05, 0) is 44.0 Å². The molecule has 0 unspecified atom stereocenters. The number of nitrogens with one attached hydrogen (secondary N) is 1. The van der Waals surface area contributed by atoms with Crippen LogP contribution in [0, 0.1) is 20.8 Å². The van der Waals surface area contributed by atoms with Gasteiger partial charge in [-0.2, -0.15) is 4.31 Å². The van der Waals surface area contributed by atoms with E-state index in [-0.39, 0.29) is 10.8 Å². The van der Waals surface area contributed by atoms with Crippen molar-refractivity contribution in [2.45, 2.75) is 39.5 Å². The van der Waals surface area contributed by atoms with Gasteiger partial charge in [0, 0.05) is 24.3 Å². The molecule has 164 valence electrons. The van der Waals surface area contributed by atoms with Crippen molar-refractivity contribution in [1.29, 1.82) is 0 Å². The zero-order valence-electron chi connectivity index (χ0n) is 18.4. The van der Waals surface area contributed by atoms with Crippen LogP contribution in [0.3, 0.4) is 0 Å². The largest absolute Gasteiger partial charge is 0.321 e. The maximum atomic E-state index is 13.0. The summed E-state index contributed by atoms with van der Waals surface area (Å²) in [7, 11) is -3.63. The number of anilines is 1. The van der Waals surface area contributed by atoms with E-state index in [1.165, 1.54) is 15.6 Å². The van der Waals surface area contributed by atoms with Crippen LogP contribution in [0.5, 0.6) is 0 Å². The predicted molar refractivity (Wildman–Crippen MR) is 126 cm³/mol. The highest BCUT2D eigenvalue weighted by atomic mass is 32.2. The summed E-state index contributed by atoms with van der Waals surface area (Å²) in [4.78, 5) is 18.3. The van der Waals surface area contributed by atoms with Crippen LogP contribution in [0.2, 0.25) is 0 Å². The van der Waals surface area contributed by atoms with Gasteiger partial charge >= 0.3 is 0 Å². The molecular formula is C23H27N3O3S2. The molecule has 0 aliphatic heterocycles. The Morgan fingerprint density at radius 2 is 1.71 bits per heavy atom. The van der Waals surface area contributed by atoms with Crippen molar-refractivity contribution in [3.63, 3.8) is 0 Å². The summed E-state index contributed by atoms with van der Waals surface area (Å²) in [5.74, 6) is -0.294. The predicted octanol–water partition coefficient (Wildman–Crippen LogP) is 5.02. The molecule has 1 heterocycles. The molecule has 1 N–H and O–H groups in total. The van der Waals surface area contributed by atoms with Gasteiger partial charge in [0.15, 0.2) is 0 Å². The number of hydrogen-bond donors (Lipinski definition) is 1. The number of amides is 1. The zero-order valence-corrected chi connectivity index (χ0v) is 20.0. The van der Waals surface area contributed by atoms with Crippen LogP contribution in [0.1, 0.15) is 40.3 Å². The molecule has 0 fully saturated rings. The Morgan fingerprint density at radius 3 is 2.32 bits per heavy atom. The minimum Gasteiger partial charge on any atom is -0.321 e. The molecule has 0 atom stereocenters. The number of rotatable bonds is 7. The highest BCUT2D eigenvalue weighted by Crippen LogP contribution is 2.30. The van der Waals surface area contributed by atoms with Crippen molar-refractivity contribution in [2.24, 2.45) is 0 Å². The number of aromatic nitrogens is 1. The van der Waals surface area contributed by atoms with Gasteiger partial charge in [-0.15, -0.1) is 11.3 Å². The van der Waals surface area contributed by atoms with E-state index in [9.17, 15) is 13.2 Å². The Hall–Kier alpha value is -2.55. The number of carbonyl (C=O) groups is 1. The third-order valence-electron chi connectivity index (χ3n) is 5.26. The molecule has 8 heteroatoms. The summed E-state index contributed by atoms with van der Waals surface area (Å²) in [6, 6.07) is 12.9. The lowest BCUT2D eigenvalue weighted by Gasteiger charge is -2.20. The van der Waals surface area contributed by atoms with E-state index in [4.69, 9.17) is 0 Å². The molecule has 3 aromatic rings. The van der Waals surface area contributed by atoms with Crippen LogP contribution >= 0.6 is 11.3 Å². The molecule has 0 bridgehead atoms. The number of hydrogen-bond acceptors (Lipinski definition) is 5. The summed E-state index contributed by atoms with van der Waals surface area (Å²) < 4.78 is 27.4. The summed E-state index contributed by atoms with van der Waals surface area (Å²) in [6.45, 7) is 9.90. The van der Waals surface area contributed by atoms with Crippen LogP contribution in [-0.2, 0) is 10.0 Å². The van der Waals surface area contributed by atoms with E-state index in [1.54, 1.807) is 19.1 Å². The topological polar surface area (TPSA) is 79.4 Å². The minimum atomic E-state index is -3.63. The number of aryl methyl sites for hydroxylation is 2. The first kappa shape index (κ1) is 23.1. The molecule has 2 aromatic carbocycles. The van der Waals surface area contributed by atoms with Crippen molar-refractivity contribution < 1.29 is 13.2 Å². The number of nitrogens with zero attached hydrogens (tertiary/aromatic N) is 2. The average Bonchev–Trinajstić information content (AvgIpc) is 3.14. The SMILES string of the molecule is CCN(CC)S(=O)(=O)c1cc(C)c(C)c(NC(=O)c2sc(-c3ccccc3)nc2C)c1. The monoisotopic (exact) mass is 457 g/mol. The maximum Gasteiger partial charge on any atom is 0.267 e. The lowest BCUT2D eigenvalue weighted by molar-refractivity contribution is 0.102. The van der Waals surface area contributed by atoms with Gasteiger partial charge < -0.3 is 5.32 Å². The van der Waals surface area contributed by atoms with Crippen LogP contribution in [0.25, 0.3) is 10.6 Å². The Labute approximate surface area is 188 Å². The van der Waals surface area contributed by atoms with Gasteiger partial charge in [0.25, 0.3) is 5.91 Å². The number of sulfonamides is 1. The second kappa shape index (κ2) is 9.30. The normalized spacial score (nSPS) is 11.7. The number of thiazole rings is 1. The second-order valence-corrected chi connectivity index (χ2v) is 10.2. The first-order valence-corrected chi connectivity index (χ1v) is 12.4. The molecule has 0 radical (unpaired) electrons. The summed E-state index contributed by atoms with van der Waals surface area (Å²) in [6.07, 6.45) is 0. The van der Waals surface area contributed by atoms with Crippen molar-refractivity contribution in [3.8, 4) is 10.6 Å². The Balaban J connectivity index is 1.95.